The fraction of sp³-hybridized carbons (Fsp3) is 0.167. The largest absolute Gasteiger partial charge is 0.497 e. The molecule has 0 aliphatic heterocycles. The Morgan fingerprint density at radius 2 is 1.79 bits per heavy atom. The number of aromatic nitrogens is 3. The van der Waals surface area contributed by atoms with Gasteiger partial charge < -0.3 is 4.74 Å². The topological polar surface area (TPSA) is 107 Å². The van der Waals surface area contributed by atoms with Crippen LogP contribution in [0, 0.1) is 35.5 Å². The molecule has 0 saturated carbocycles. The first-order chi connectivity index (χ1) is 16.0. The lowest BCUT2D eigenvalue weighted by Gasteiger charge is -2.17. The van der Waals surface area contributed by atoms with Gasteiger partial charge in [-0.25, -0.2) is 4.98 Å². The van der Waals surface area contributed by atoms with Gasteiger partial charge in [0, 0.05) is 28.4 Å². The van der Waals surface area contributed by atoms with E-state index in [2.05, 4.69) is 10.1 Å². The van der Waals surface area contributed by atoms with Crippen molar-refractivity contribution in [2.45, 2.75) is 12.8 Å². The molecule has 2 heterocycles. The van der Waals surface area contributed by atoms with Crippen LogP contribution >= 0.6 is 22.9 Å². The number of nitrogens with zero attached hydrogens (tertiary/aromatic N) is 4. The Balaban J connectivity index is 1.78. The molecule has 0 saturated heterocycles. The molecule has 0 aliphatic rings. The minimum atomic E-state index is -1.05. The lowest BCUT2D eigenvalue weighted by Crippen LogP contribution is -2.23. The highest BCUT2D eigenvalue weighted by Crippen LogP contribution is 2.33. The molecule has 7 nitrogen and oxygen atoms in total. The number of thiazole rings is 1. The van der Waals surface area contributed by atoms with Crippen LogP contribution in [0.1, 0.15) is 22.7 Å². The van der Waals surface area contributed by atoms with Gasteiger partial charge in [-0.15, -0.1) is 0 Å². The van der Waals surface area contributed by atoms with E-state index in [4.69, 9.17) is 16.3 Å². The maximum atomic E-state index is 13.5. The van der Waals surface area contributed by atoms with Crippen LogP contribution in [0.25, 0.3) is 15.6 Å². The molecule has 164 valence electrons. The summed E-state index contributed by atoms with van der Waals surface area (Å²) in [6, 6.07) is 18.4. The number of methoxy groups -OCH3 is 1. The summed E-state index contributed by atoms with van der Waals surface area (Å²) in [6.07, 6.45) is 1.70. The number of nitrogens with one attached hydrogen (secondary N) is 1. The van der Waals surface area contributed by atoms with Gasteiger partial charge in [0.15, 0.2) is 0 Å². The third-order valence-corrected chi connectivity index (χ3v) is 6.61. The lowest BCUT2D eigenvalue weighted by molar-refractivity contribution is 0.415. The summed E-state index contributed by atoms with van der Waals surface area (Å²) in [5.41, 5.74) is 2.18. The Morgan fingerprint density at radius 1 is 1.12 bits per heavy atom. The number of halogens is 1. The van der Waals surface area contributed by atoms with Crippen LogP contribution in [-0.2, 0) is 0 Å². The Bertz CT molecular complexity index is 1410. The first kappa shape index (κ1) is 22.3. The molecule has 1 N–H and O–H groups in total. The van der Waals surface area contributed by atoms with Crippen molar-refractivity contribution < 1.29 is 4.74 Å². The van der Waals surface area contributed by atoms with Crippen molar-refractivity contribution in [1.82, 2.24) is 14.8 Å². The van der Waals surface area contributed by atoms with E-state index in [0.717, 1.165) is 16.2 Å². The normalized spacial score (nSPS) is 11.7. The third-order valence-electron chi connectivity index (χ3n) is 5.33. The second-order valence-electron chi connectivity index (χ2n) is 7.29. The number of aromatic amines is 1. The molecule has 0 amide bonds. The van der Waals surface area contributed by atoms with Crippen molar-refractivity contribution in [3.8, 4) is 33.5 Å². The summed E-state index contributed by atoms with van der Waals surface area (Å²) in [5.74, 6) is -1.03. The van der Waals surface area contributed by atoms with Crippen molar-refractivity contribution in [2.75, 3.05) is 7.11 Å². The van der Waals surface area contributed by atoms with E-state index >= 15 is 0 Å². The van der Waals surface area contributed by atoms with Crippen molar-refractivity contribution in [1.29, 1.82) is 10.5 Å². The van der Waals surface area contributed by atoms with Crippen LogP contribution in [-0.4, -0.2) is 21.9 Å². The molecule has 0 unspecified atom stereocenters. The molecule has 2 aromatic carbocycles. The van der Waals surface area contributed by atoms with Crippen LogP contribution in [0.15, 0.2) is 59.5 Å². The summed E-state index contributed by atoms with van der Waals surface area (Å²) >= 11 is 7.36. The minimum absolute atomic E-state index is 0.349. The lowest BCUT2D eigenvalue weighted by atomic mass is 9.82. The van der Waals surface area contributed by atoms with Crippen LogP contribution in [0.4, 0.5) is 0 Å². The fourth-order valence-corrected chi connectivity index (χ4v) is 4.70. The number of H-pyrrole nitrogens is 1. The second kappa shape index (κ2) is 9.33. The van der Waals surface area contributed by atoms with Gasteiger partial charge in [0.05, 0.1) is 24.1 Å². The van der Waals surface area contributed by atoms with E-state index in [9.17, 15) is 15.3 Å². The van der Waals surface area contributed by atoms with E-state index in [1.54, 1.807) is 44.5 Å². The highest BCUT2D eigenvalue weighted by atomic mass is 35.5. The number of hydrogen-bond donors (Lipinski definition) is 1. The quantitative estimate of drug-likeness (QED) is 0.419. The van der Waals surface area contributed by atoms with Gasteiger partial charge in [0.2, 0.25) is 5.13 Å². The number of hydrogen-bond acceptors (Lipinski definition) is 6. The second-order valence-corrected chi connectivity index (χ2v) is 8.74. The molecule has 0 radical (unpaired) electrons. The summed E-state index contributed by atoms with van der Waals surface area (Å²) in [5, 5.41) is 23.3. The van der Waals surface area contributed by atoms with Crippen molar-refractivity contribution in [2.24, 2.45) is 5.92 Å². The Hall–Kier alpha value is -3.85. The highest BCUT2D eigenvalue weighted by Gasteiger charge is 2.31. The number of aryl methyl sites for hydroxylation is 1. The highest BCUT2D eigenvalue weighted by molar-refractivity contribution is 7.17. The van der Waals surface area contributed by atoms with Crippen molar-refractivity contribution >= 4 is 22.9 Å². The van der Waals surface area contributed by atoms with E-state index in [1.165, 1.54) is 16.0 Å². The van der Waals surface area contributed by atoms with E-state index in [1.807, 2.05) is 36.4 Å². The first-order valence-electron chi connectivity index (χ1n) is 9.93. The molecule has 4 rings (SSSR count). The summed E-state index contributed by atoms with van der Waals surface area (Å²) < 4.78 is 6.56. The van der Waals surface area contributed by atoms with Crippen LogP contribution in [0.3, 0.4) is 0 Å². The van der Waals surface area contributed by atoms with E-state index in [-0.39, 0.29) is 5.56 Å². The maximum absolute atomic E-state index is 13.5. The molecular weight excluding hydrogens is 458 g/mol. The van der Waals surface area contributed by atoms with Gasteiger partial charge in [-0.05, 0) is 54.4 Å². The zero-order valence-electron chi connectivity index (χ0n) is 17.7. The Kier molecular flexibility index (Phi) is 6.32. The molecule has 33 heavy (non-hydrogen) atoms. The molecule has 0 aliphatic carbocycles. The monoisotopic (exact) mass is 475 g/mol. The fourth-order valence-electron chi connectivity index (χ4n) is 3.69. The number of rotatable bonds is 6. The maximum Gasteiger partial charge on any atom is 0.277 e. The third kappa shape index (κ3) is 4.27. The molecule has 1 atom stereocenters. The molecular formula is C24H18ClN5O2S. The SMILES string of the molecule is COc1ccc(-c2cnc(-n3[nH]c(C)c([C@H](c4ccc(Cl)cc4)C(C#N)C#N)c3=O)s2)cc1. The first-order valence-corrected chi connectivity index (χ1v) is 11.1. The van der Waals surface area contributed by atoms with Gasteiger partial charge >= 0.3 is 0 Å². The Labute approximate surface area is 199 Å². The molecule has 0 spiro atoms. The van der Waals surface area contributed by atoms with Crippen LogP contribution in [0.5, 0.6) is 5.75 Å². The smallest absolute Gasteiger partial charge is 0.277 e. The Morgan fingerprint density at radius 3 is 2.39 bits per heavy atom. The van der Waals surface area contributed by atoms with Crippen molar-refractivity contribution in [3.05, 3.63) is 86.9 Å². The summed E-state index contributed by atoms with van der Waals surface area (Å²) in [6.45, 7) is 1.75. The zero-order chi connectivity index (χ0) is 23.5. The molecule has 2 aromatic heterocycles. The zero-order valence-corrected chi connectivity index (χ0v) is 19.3. The minimum Gasteiger partial charge on any atom is -0.497 e. The van der Waals surface area contributed by atoms with Gasteiger partial charge in [0.1, 0.15) is 11.7 Å². The van der Waals surface area contributed by atoms with Gasteiger partial charge in [-0.3, -0.25) is 9.89 Å². The van der Waals surface area contributed by atoms with Crippen LogP contribution in [0.2, 0.25) is 5.02 Å². The van der Waals surface area contributed by atoms with Gasteiger partial charge in [0.25, 0.3) is 5.56 Å². The van der Waals surface area contributed by atoms with Gasteiger partial charge in [-0.2, -0.15) is 15.2 Å². The number of ether oxygens (including phenoxy) is 1. The summed E-state index contributed by atoms with van der Waals surface area (Å²) in [4.78, 5) is 18.8. The molecule has 4 aromatic rings. The van der Waals surface area contributed by atoms with E-state index in [0.29, 0.717) is 27.0 Å². The van der Waals surface area contributed by atoms with Gasteiger partial charge in [-0.1, -0.05) is 35.1 Å². The predicted octanol–water partition coefficient (Wildman–Crippen LogP) is 5.05. The van der Waals surface area contributed by atoms with E-state index < -0.39 is 11.8 Å². The van der Waals surface area contributed by atoms with Crippen LogP contribution < -0.4 is 10.3 Å². The average Bonchev–Trinajstić information content (AvgIpc) is 3.43. The molecule has 9 heteroatoms. The summed E-state index contributed by atoms with van der Waals surface area (Å²) in [7, 11) is 1.61. The van der Waals surface area contributed by atoms with Crippen molar-refractivity contribution in [3.63, 3.8) is 0 Å². The molecule has 0 bridgehead atoms. The standard InChI is InChI=1S/C24H18ClN5O2S/c1-14-21(22(17(11-26)12-27)16-3-7-18(25)8-4-16)23(31)30(29-14)24-28-13-20(33-24)15-5-9-19(32-2)10-6-15/h3-10,13,17,22,29H,1-2H3/t22-/m1/s1. The molecule has 0 fully saturated rings. The number of nitriles is 2. The predicted molar refractivity (Wildman–Crippen MR) is 127 cm³/mol. The number of benzene rings is 2. The average molecular weight is 476 g/mol.